The van der Waals surface area contributed by atoms with Crippen LogP contribution in [0.5, 0.6) is 0 Å². The van der Waals surface area contributed by atoms with Crippen molar-refractivity contribution in [3.05, 3.63) is 39.3 Å². The SMILES string of the molecule is Cn1cc(Cl)c(C(=O)N2CCC[C@@H]2c2cccs2)n1. The molecule has 0 saturated carbocycles. The number of aromatic nitrogens is 2. The molecule has 3 rings (SSSR count). The average molecular weight is 296 g/mol. The zero-order chi connectivity index (χ0) is 13.4. The Morgan fingerprint density at radius 2 is 2.42 bits per heavy atom. The Morgan fingerprint density at radius 1 is 1.58 bits per heavy atom. The smallest absolute Gasteiger partial charge is 0.276 e. The van der Waals surface area contributed by atoms with Gasteiger partial charge in [0.2, 0.25) is 0 Å². The highest BCUT2D eigenvalue weighted by molar-refractivity contribution is 7.10. The van der Waals surface area contributed by atoms with E-state index in [9.17, 15) is 4.79 Å². The quantitative estimate of drug-likeness (QED) is 0.854. The summed E-state index contributed by atoms with van der Waals surface area (Å²) in [6, 6.07) is 4.28. The van der Waals surface area contributed by atoms with E-state index >= 15 is 0 Å². The molecule has 19 heavy (non-hydrogen) atoms. The highest BCUT2D eigenvalue weighted by atomic mass is 35.5. The molecule has 1 saturated heterocycles. The maximum absolute atomic E-state index is 12.6. The summed E-state index contributed by atoms with van der Waals surface area (Å²) in [6.45, 7) is 0.772. The van der Waals surface area contributed by atoms with Crippen LogP contribution < -0.4 is 0 Å². The van der Waals surface area contributed by atoms with E-state index in [1.54, 1.807) is 29.3 Å². The Kier molecular flexibility index (Phi) is 3.33. The Balaban J connectivity index is 1.89. The van der Waals surface area contributed by atoms with Crippen molar-refractivity contribution in [2.45, 2.75) is 18.9 Å². The molecule has 1 aliphatic rings. The van der Waals surface area contributed by atoms with Crippen molar-refractivity contribution in [2.24, 2.45) is 7.05 Å². The molecule has 0 aromatic carbocycles. The summed E-state index contributed by atoms with van der Waals surface area (Å²) in [5, 5.41) is 6.63. The van der Waals surface area contributed by atoms with E-state index in [1.807, 2.05) is 16.3 Å². The van der Waals surface area contributed by atoms with Gasteiger partial charge in [0.15, 0.2) is 5.69 Å². The number of thiophene rings is 1. The van der Waals surface area contributed by atoms with Gasteiger partial charge in [0.25, 0.3) is 5.91 Å². The lowest BCUT2D eigenvalue weighted by Gasteiger charge is -2.23. The van der Waals surface area contributed by atoms with E-state index < -0.39 is 0 Å². The van der Waals surface area contributed by atoms with E-state index in [0.29, 0.717) is 10.7 Å². The van der Waals surface area contributed by atoms with Gasteiger partial charge in [-0.15, -0.1) is 11.3 Å². The molecule has 1 amide bonds. The van der Waals surface area contributed by atoms with Crippen LogP contribution in [0.25, 0.3) is 0 Å². The van der Waals surface area contributed by atoms with Gasteiger partial charge in [-0.05, 0) is 24.3 Å². The molecule has 0 radical (unpaired) electrons. The summed E-state index contributed by atoms with van der Waals surface area (Å²) in [5.41, 5.74) is 0.354. The number of amides is 1. The Morgan fingerprint density at radius 3 is 3.05 bits per heavy atom. The van der Waals surface area contributed by atoms with Crippen LogP contribution in [0.15, 0.2) is 23.7 Å². The number of hydrogen-bond acceptors (Lipinski definition) is 3. The van der Waals surface area contributed by atoms with E-state index in [0.717, 1.165) is 19.4 Å². The lowest BCUT2D eigenvalue weighted by atomic mass is 10.2. The second kappa shape index (κ2) is 4.98. The monoisotopic (exact) mass is 295 g/mol. The molecule has 1 atom stereocenters. The van der Waals surface area contributed by atoms with Crippen LogP contribution in [-0.4, -0.2) is 27.1 Å². The highest BCUT2D eigenvalue weighted by Crippen LogP contribution is 2.35. The van der Waals surface area contributed by atoms with Gasteiger partial charge >= 0.3 is 0 Å². The maximum atomic E-state index is 12.6. The van der Waals surface area contributed by atoms with Crippen molar-refractivity contribution in [3.63, 3.8) is 0 Å². The minimum Gasteiger partial charge on any atom is -0.329 e. The van der Waals surface area contributed by atoms with Gasteiger partial charge in [-0.25, -0.2) is 0 Å². The van der Waals surface area contributed by atoms with E-state index in [1.165, 1.54) is 4.88 Å². The fourth-order valence-electron chi connectivity index (χ4n) is 2.53. The first kappa shape index (κ1) is 12.7. The van der Waals surface area contributed by atoms with Crippen LogP contribution in [-0.2, 0) is 7.05 Å². The molecule has 4 nitrogen and oxygen atoms in total. The molecule has 2 aromatic rings. The van der Waals surface area contributed by atoms with Gasteiger partial charge in [-0.2, -0.15) is 5.10 Å². The van der Waals surface area contributed by atoms with Crippen molar-refractivity contribution in [1.82, 2.24) is 14.7 Å². The molecular formula is C13H14ClN3OS. The normalized spacial score (nSPS) is 19.1. The summed E-state index contributed by atoms with van der Waals surface area (Å²) in [7, 11) is 1.77. The van der Waals surface area contributed by atoms with Crippen molar-refractivity contribution >= 4 is 28.8 Å². The Labute approximate surface area is 120 Å². The zero-order valence-electron chi connectivity index (χ0n) is 10.5. The van der Waals surface area contributed by atoms with Gasteiger partial charge in [-0.3, -0.25) is 9.48 Å². The molecule has 100 valence electrons. The van der Waals surface area contributed by atoms with Gasteiger partial charge in [0, 0.05) is 24.7 Å². The van der Waals surface area contributed by atoms with Crippen LogP contribution in [0.3, 0.4) is 0 Å². The van der Waals surface area contributed by atoms with Gasteiger partial charge < -0.3 is 4.90 Å². The molecule has 2 aromatic heterocycles. The fraction of sp³-hybridized carbons (Fsp3) is 0.385. The topological polar surface area (TPSA) is 38.1 Å². The second-order valence-electron chi connectivity index (χ2n) is 4.67. The van der Waals surface area contributed by atoms with Crippen molar-refractivity contribution in [1.29, 1.82) is 0 Å². The summed E-state index contributed by atoms with van der Waals surface area (Å²) >= 11 is 7.76. The lowest BCUT2D eigenvalue weighted by Crippen LogP contribution is -2.30. The first-order valence-corrected chi connectivity index (χ1v) is 7.46. The van der Waals surface area contributed by atoms with Crippen LogP contribution in [0.1, 0.15) is 34.2 Å². The minimum atomic E-state index is -0.0681. The van der Waals surface area contributed by atoms with Crippen LogP contribution in [0.2, 0.25) is 5.02 Å². The van der Waals surface area contributed by atoms with Crippen LogP contribution in [0, 0.1) is 0 Å². The first-order chi connectivity index (χ1) is 9.16. The average Bonchev–Trinajstić information content (AvgIpc) is 3.06. The third kappa shape index (κ3) is 2.28. The molecule has 6 heteroatoms. The molecule has 0 aliphatic carbocycles. The molecule has 0 spiro atoms. The molecule has 1 aliphatic heterocycles. The number of hydrogen-bond donors (Lipinski definition) is 0. The third-order valence-corrected chi connectivity index (χ3v) is 4.62. The van der Waals surface area contributed by atoms with Crippen LogP contribution in [0.4, 0.5) is 0 Å². The van der Waals surface area contributed by atoms with E-state index in [2.05, 4.69) is 11.2 Å². The van der Waals surface area contributed by atoms with Gasteiger partial charge in [0.05, 0.1) is 11.1 Å². The maximum Gasteiger partial charge on any atom is 0.276 e. The van der Waals surface area contributed by atoms with Crippen molar-refractivity contribution in [3.8, 4) is 0 Å². The van der Waals surface area contributed by atoms with E-state index in [4.69, 9.17) is 11.6 Å². The van der Waals surface area contributed by atoms with Crippen molar-refractivity contribution in [2.75, 3.05) is 6.54 Å². The summed E-state index contributed by atoms with van der Waals surface area (Å²) in [6.07, 6.45) is 3.69. The minimum absolute atomic E-state index is 0.0681. The summed E-state index contributed by atoms with van der Waals surface area (Å²) < 4.78 is 1.58. The Hall–Kier alpha value is -1.33. The van der Waals surface area contributed by atoms with Crippen LogP contribution >= 0.6 is 22.9 Å². The van der Waals surface area contributed by atoms with Gasteiger partial charge in [-0.1, -0.05) is 17.7 Å². The fourth-order valence-corrected chi connectivity index (χ4v) is 3.66. The Bertz CT molecular complexity index is 593. The molecule has 0 N–H and O–H groups in total. The number of carbonyl (C=O) groups excluding carboxylic acids is 1. The molecule has 0 bridgehead atoms. The number of nitrogens with zero attached hydrogens (tertiary/aromatic N) is 3. The summed E-state index contributed by atoms with van der Waals surface area (Å²) in [5.74, 6) is -0.0681. The first-order valence-electron chi connectivity index (χ1n) is 6.20. The van der Waals surface area contributed by atoms with Crippen molar-refractivity contribution < 1.29 is 4.79 Å². The molecule has 0 unspecified atom stereocenters. The largest absolute Gasteiger partial charge is 0.329 e. The zero-order valence-corrected chi connectivity index (χ0v) is 12.1. The summed E-state index contributed by atoms with van der Waals surface area (Å²) in [4.78, 5) is 15.7. The van der Waals surface area contributed by atoms with Gasteiger partial charge in [0.1, 0.15) is 0 Å². The lowest BCUT2D eigenvalue weighted by molar-refractivity contribution is 0.0731. The molecule has 3 heterocycles. The number of rotatable bonds is 2. The molecular weight excluding hydrogens is 282 g/mol. The predicted octanol–water partition coefficient (Wildman–Crippen LogP) is 3.11. The highest BCUT2D eigenvalue weighted by Gasteiger charge is 2.33. The number of carbonyl (C=O) groups is 1. The predicted molar refractivity (Wildman–Crippen MR) is 75.5 cm³/mol. The number of likely N-dealkylation sites (tertiary alicyclic amines) is 1. The second-order valence-corrected chi connectivity index (χ2v) is 6.06. The standard InChI is InChI=1S/C13H14ClN3OS/c1-16-8-9(14)12(15-16)13(18)17-6-2-4-10(17)11-5-3-7-19-11/h3,5,7-8,10H,2,4,6H2,1H3/t10-/m1/s1. The van der Waals surface area contributed by atoms with E-state index in [-0.39, 0.29) is 11.9 Å². The molecule has 1 fully saturated rings. The number of aryl methyl sites for hydroxylation is 1. The third-order valence-electron chi connectivity index (χ3n) is 3.37. The number of halogens is 1.